The maximum atomic E-state index is 12.6. The highest BCUT2D eigenvalue weighted by Gasteiger charge is 2.29. The Balaban J connectivity index is 1.24. The number of piperidine rings is 1. The zero-order chi connectivity index (χ0) is 21.7. The number of fused-ring (bicyclic) bond motifs is 1. The first-order valence-electron chi connectivity index (χ1n) is 10.4. The minimum atomic E-state index is -3.48. The molecule has 8 heteroatoms. The molecule has 4 rings (SSSR count). The first-order chi connectivity index (χ1) is 15.0. The van der Waals surface area contributed by atoms with Crippen molar-refractivity contribution in [2.75, 3.05) is 19.6 Å². The van der Waals surface area contributed by atoms with Crippen molar-refractivity contribution < 1.29 is 13.2 Å². The molecule has 0 atom stereocenters. The zero-order valence-corrected chi connectivity index (χ0v) is 18.7. The molecule has 0 saturated carbocycles. The molecule has 1 aliphatic heterocycles. The summed E-state index contributed by atoms with van der Waals surface area (Å²) in [4.78, 5) is 17.1. The van der Waals surface area contributed by atoms with Gasteiger partial charge in [-0.1, -0.05) is 42.5 Å². The number of carbonyl (C=O) groups is 1. The number of hydrogen-bond acceptors (Lipinski definition) is 5. The summed E-state index contributed by atoms with van der Waals surface area (Å²) in [6, 6.07) is 17.3. The van der Waals surface area contributed by atoms with Crippen LogP contribution in [0.1, 0.15) is 23.4 Å². The van der Waals surface area contributed by atoms with E-state index in [-0.39, 0.29) is 11.8 Å². The van der Waals surface area contributed by atoms with E-state index in [1.807, 2.05) is 54.6 Å². The maximum Gasteiger partial charge on any atom is 0.236 e. The fourth-order valence-electron chi connectivity index (χ4n) is 3.65. The number of benzene rings is 2. The molecular weight excluding hydrogens is 430 g/mol. The van der Waals surface area contributed by atoms with Crippen LogP contribution in [0.3, 0.4) is 0 Å². The van der Waals surface area contributed by atoms with E-state index in [1.165, 1.54) is 9.71 Å². The number of aromatic nitrogens is 1. The van der Waals surface area contributed by atoms with Crippen LogP contribution < -0.4 is 5.32 Å². The Hall–Kier alpha value is -2.55. The molecule has 0 spiro atoms. The molecule has 2 heterocycles. The van der Waals surface area contributed by atoms with Crippen LogP contribution in [0, 0.1) is 5.92 Å². The Labute approximate surface area is 186 Å². The van der Waals surface area contributed by atoms with Crippen molar-refractivity contribution in [3.63, 3.8) is 0 Å². The maximum absolute atomic E-state index is 12.6. The summed E-state index contributed by atoms with van der Waals surface area (Å²) in [7, 11) is -3.48. The van der Waals surface area contributed by atoms with E-state index in [0.717, 1.165) is 20.8 Å². The van der Waals surface area contributed by atoms with E-state index >= 15 is 0 Å². The summed E-state index contributed by atoms with van der Waals surface area (Å²) in [6.45, 7) is 1.26. The second-order valence-electron chi connectivity index (χ2n) is 7.55. The number of nitrogens with zero attached hydrogens (tertiary/aromatic N) is 2. The van der Waals surface area contributed by atoms with Crippen molar-refractivity contribution in [3.05, 3.63) is 70.6 Å². The van der Waals surface area contributed by atoms with Gasteiger partial charge in [0.15, 0.2) is 0 Å². The number of rotatable bonds is 7. The van der Waals surface area contributed by atoms with Crippen LogP contribution in [0.5, 0.6) is 0 Å². The highest BCUT2D eigenvalue weighted by atomic mass is 32.2. The summed E-state index contributed by atoms with van der Waals surface area (Å²) in [5, 5.41) is 5.25. The number of hydrogen-bond donors (Lipinski definition) is 1. The van der Waals surface area contributed by atoms with Gasteiger partial charge >= 0.3 is 0 Å². The topological polar surface area (TPSA) is 79.4 Å². The van der Waals surface area contributed by atoms with Gasteiger partial charge in [0.2, 0.25) is 15.9 Å². The molecule has 1 fully saturated rings. The third kappa shape index (κ3) is 5.58. The number of carbonyl (C=O) groups excluding carboxylic acids is 1. The number of sulfonamides is 1. The lowest BCUT2D eigenvalue weighted by Crippen LogP contribution is -2.42. The molecule has 0 radical (unpaired) electrons. The fourth-order valence-corrected chi connectivity index (χ4v) is 5.84. The van der Waals surface area contributed by atoms with Crippen molar-refractivity contribution in [3.8, 4) is 0 Å². The molecule has 3 aromatic rings. The number of para-hydroxylation sites is 1. The number of amides is 1. The van der Waals surface area contributed by atoms with Gasteiger partial charge in [-0.15, -0.1) is 11.3 Å². The monoisotopic (exact) mass is 455 g/mol. The van der Waals surface area contributed by atoms with E-state index in [0.29, 0.717) is 38.9 Å². The SMILES string of the molecule is O=C(NCCc1nc2ccccc2s1)C1CCN(S(=O)(=O)/C=C/c2ccccc2)CC1. The third-order valence-corrected chi connectivity index (χ3v) is 8.05. The second kappa shape index (κ2) is 9.72. The molecule has 1 saturated heterocycles. The van der Waals surface area contributed by atoms with Gasteiger partial charge in [0.25, 0.3) is 0 Å². The van der Waals surface area contributed by atoms with Crippen molar-refractivity contribution in [2.24, 2.45) is 5.92 Å². The van der Waals surface area contributed by atoms with E-state index in [1.54, 1.807) is 17.4 Å². The normalized spacial score (nSPS) is 16.1. The molecule has 1 amide bonds. The highest BCUT2D eigenvalue weighted by Crippen LogP contribution is 2.23. The van der Waals surface area contributed by atoms with Crippen LogP contribution in [0.25, 0.3) is 16.3 Å². The molecule has 1 aliphatic rings. The van der Waals surface area contributed by atoms with Gasteiger partial charge in [-0.3, -0.25) is 4.79 Å². The lowest BCUT2D eigenvalue weighted by molar-refractivity contribution is -0.126. The average molecular weight is 456 g/mol. The van der Waals surface area contributed by atoms with E-state index < -0.39 is 10.0 Å². The fraction of sp³-hybridized carbons (Fsp3) is 0.304. The summed E-state index contributed by atoms with van der Waals surface area (Å²) in [6.07, 6.45) is 3.37. The second-order valence-corrected chi connectivity index (χ2v) is 10.5. The predicted octanol–water partition coefficient (Wildman–Crippen LogP) is 3.67. The van der Waals surface area contributed by atoms with Gasteiger partial charge in [-0.25, -0.2) is 13.4 Å². The Morgan fingerprint density at radius 1 is 1.10 bits per heavy atom. The predicted molar refractivity (Wildman–Crippen MR) is 125 cm³/mol. The molecule has 2 aromatic carbocycles. The lowest BCUT2D eigenvalue weighted by atomic mass is 9.97. The molecule has 6 nitrogen and oxygen atoms in total. The quantitative estimate of drug-likeness (QED) is 0.590. The van der Waals surface area contributed by atoms with Crippen LogP contribution in [0.4, 0.5) is 0 Å². The molecule has 31 heavy (non-hydrogen) atoms. The van der Waals surface area contributed by atoms with E-state index in [4.69, 9.17) is 0 Å². The van der Waals surface area contributed by atoms with Crippen LogP contribution in [0.15, 0.2) is 60.0 Å². The van der Waals surface area contributed by atoms with Crippen molar-refractivity contribution in [2.45, 2.75) is 19.3 Å². The van der Waals surface area contributed by atoms with E-state index in [2.05, 4.69) is 10.3 Å². The third-order valence-electron chi connectivity index (χ3n) is 5.39. The average Bonchev–Trinajstić information content (AvgIpc) is 3.21. The van der Waals surface area contributed by atoms with Gasteiger partial charge in [-0.05, 0) is 36.6 Å². The van der Waals surface area contributed by atoms with Gasteiger partial charge in [0.05, 0.1) is 15.2 Å². The first kappa shape index (κ1) is 21.7. The molecule has 1 aromatic heterocycles. The van der Waals surface area contributed by atoms with Crippen molar-refractivity contribution in [1.82, 2.24) is 14.6 Å². The smallest absolute Gasteiger partial charge is 0.236 e. The summed E-state index contributed by atoms with van der Waals surface area (Å²) < 4.78 is 27.7. The molecule has 0 unspecified atom stereocenters. The first-order valence-corrected chi connectivity index (χ1v) is 12.7. The number of nitrogens with one attached hydrogen (secondary N) is 1. The van der Waals surface area contributed by atoms with E-state index in [9.17, 15) is 13.2 Å². The molecule has 0 bridgehead atoms. The largest absolute Gasteiger partial charge is 0.355 e. The number of thiazole rings is 1. The van der Waals surface area contributed by atoms with Gasteiger partial charge < -0.3 is 5.32 Å². The van der Waals surface area contributed by atoms with Gasteiger partial charge in [-0.2, -0.15) is 4.31 Å². The molecular formula is C23H25N3O3S2. The van der Waals surface area contributed by atoms with Gasteiger partial charge in [0, 0.05) is 37.4 Å². The molecule has 1 N–H and O–H groups in total. The zero-order valence-electron chi connectivity index (χ0n) is 17.1. The lowest BCUT2D eigenvalue weighted by Gasteiger charge is -2.29. The highest BCUT2D eigenvalue weighted by molar-refractivity contribution is 7.92. The Morgan fingerprint density at radius 3 is 2.55 bits per heavy atom. The van der Waals surface area contributed by atoms with Gasteiger partial charge in [0.1, 0.15) is 0 Å². The van der Waals surface area contributed by atoms with Crippen LogP contribution in [-0.2, 0) is 21.2 Å². The minimum absolute atomic E-state index is 0.00186. The van der Waals surface area contributed by atoms with Crippen molar-refractivity contribution >= 4 is 43.6 Å². The minimum Gasteiger partial charge on any atom is -0.355 e. The van der Waals surface area contributed by atoms with Crippen LogP contribution in [-0.4, -0.2) is 43.2 Å². The molecule has 162 valence electrons. The van der Waals surface area contributed by atoms with Crippen LogP contribution >= 0.6 is 11.3 Å². The summed E-state index contributed by atoms with van der Waals surface area (Å²) in [5.74, 6) is -0.155. The van der Waals surface area contributed by atoms with Crippen molar-refractivity contribution in [1.29, 1.82) is 0 Å². The Bertz CT molecular complexity index is 1130. The van der Waals surface area contributed by atoms with Crippen LogP contribution in [0.2, 0.25) is 0 Å². The Morgan fingerprint density at radius 2 is 1.81 bits per heavy atom. The Kier molecular flexibility index (Phi) is 6.80. The summed E-state index contributed by atoms with van der Waals surface area (Å²) in [5.41, 5.74) is 1.83. The standard InChI is InChI=1S/C23H25N3O3S2/c27-23(24-14-10-22-25-20-8-4-5-9-21(20)30-22)19-11-15-26(16-12-19)31(28,29)17-13-18-6-2-1-3-7-18/h1-9,13,17,19H,10-12,14-16H2,(H,24,27)/b17-13+. The summed E-state index contributed by atoms with van der Waals surface area (Å²) >= 11 is 1.65. The molecule has 0 aliphatic carbocycles.